The van der Waals surface area contributed by atoms with E-state index in [9.17, 15) is 19.1 Å². The molecule has 9 heteroatoms. The van der Waals surface area contributed by atoms with Crippen molar-refractivity contribution in [1.82, 2.24) is 14.7 Å². The van der Waals surface area contributed by atoms with Gasteiger partial charge in [0.25, 0.3) is 5.91 Å². The number of amides is 2. The lowest BCUT2D eigenvalue weighted by atomic mass is 10.0. The van der Waals surface area contributed by atoms with E-state index in [1.807, 2.05) is 0 Å². The van der Waals surface area contributed by atoms with Crippen LogP contribution in [0.15, 0.2) is 18.2 Å². The third-order valence-corrected chi connectivity index (χ3v) is 4.67. The molecule has 0 spiro atoms. The number of carbonyl (C=O) groups excluding carboxylic acids is 2. The third kappa shape index (κ3) is 4.09. The lowest BCUT2D eigenvalue weighted by Crippen LogP contribution is -2.45. The lowest BCUT2D eigenvalue weighted by molar-refractivity contribution is 0.0127. The molecule has 0 radical (unpaired) electrons. The number of carbonyl (C=O) groups is 2. The molecule has 2 amide bonds. The topological polar surface area (TPSA) is 111 Å². The fourth-order valence-corrected chi connectivity index (χ4v) is 3.35. The molecule has 0 fully saturated rings. The van der Waals surface area contributed by atoms with Crippen LogP contribution in [0.25, 0.3) is 11.3 Å². The van der Waals surface area contributed by atoms with E-state index >= 15 is 0 Å². The lowest BCUT2D eigenvalue weighted by Gasteiger charge is -2.34. The number of benzene rings is 1. The predicted octanol–water partition coefficient (Wildman–Crippen LogP) is 2.38. The molecule has 8 nitrogen and oxygen atoms in total. The number of rotatable bonds is 3. The summed E-state index contributed by atoms with van der Waals surface area (Å²) in [6, 6.07) is 3.82. The van der Waals surface area contributed by atoms with Crippen LogP contribution in [0, 0.1) is 12.7 Å². The molecule has 0 aliphatic carbocycles. The molecule has 1 aromatic carbocycles. The Morgan fingerprint density at radius 3 is 2.62 bits per heavy atom. The molecular weight excluding hydrogens is 379 g/mol. The maximum absolute atomic E-state index is 13.7. The van der Waals surface area contributed by atoms with Crippen molar-refractivity contribution >= 4 is 12.0 Å². The SMILES string of the molecule is Cc1cc(-c2nn3c(c2C(N)=O)CN(C(=O)OC(C)(C)C)CC3CO)ccc1F. The number of ether oxygens (including phenoxy) is 1. The quantitative estimate of drug-likeness (QED) is 0.816. The Kier molecular flexibility index (Phi) is 5.36. The second-order valence-corrected chi connectivity index (χ2v) is 8.14. The molecule has 0 saturated carbocycles. The molecule has 3 rings (SSSR count). The Bertz CT molecular complexity index is 964. The smallest absolute Gasteiger partial charge is 0.410 e. The van der Waals surface area contributed by atoms with Crippen molar-refractivity contribution < 1.29 is 23.8 Å². The van der Waals surface area contributed by atoms with Gasteiger partial charge in [-0.2, -0.15) is 5.10 Å². The van der Waals surface area contributed by atoms with Gasteiger partial charge in [-0.3, -0.25) is 9.48 Å². The van der Waals surface area contributed by atoms with E-state index in [0.717, 1.165) is 0 Å². The number of aliphatic hydroxyl groups is 1. The van der Waals surface area contributed by atoms with E-state index in [-0.39, 0.29) is 31.1 Å². The molecule has 0 saturated heterocycles. The summed E-state index contributed by atoms with van der Waals surface area (Å²) in [5.41, 5.74) is 6.72. The van der Waals surface area contributed by atoms with Crippen LogP contribution in [0.1, 0.15) is 48.4 Å². The van der Waals surface area contributed by atoms with Gasteiger partial charge in [0.05, 0.1) is 30.5 Å². The van der Waals surface area contributed by atoms with Crippen molar-refractivity contribution in [3.63, 3.8) is 0 Å². The molecule has 1 atom stereocenters. The molecule has 3 N–H and O–H groups in total. The van der Waals surface area contributed by atoms with Gasteiger partial charge in [-0.1, -0.05) is 0 Å². The monoisotopic (exact) mass is 404 g/mol. The van der Waals surface area contributed by atoms with E-state index in [1.165, 1.54) is 21.7 Å². The first-order valence-corrected chi connectivity index (χ1v) is 9.28. The second-order valence-electron chi connectivity index (χ2n) is 8.14. The van der Waals surface area contributed by atoms with Gasteiger partial charge in [-0.15, -0.1) is 0 Å². The van der Waals surface area contributed by atoms with Crippen LogP contribution in [-0.2, 0) is 11.3 Å². The Balaban J connectivity index is 2.08. The minimum atomic E-state index is -0.717. The van der Waals surface area contributed by atoms with Crippen LogP contribution in [0.4, 0.5) is 9.18 Å². The number of hydrogen-bond acceptors (Lipinski definition) is 5. The number of aromatic nitrogens is 2. The summed E-state index contributed by atoms with van der Waals surface area (Å²) < 4.78 is 20.6. The zero-order valence-electron chi connectivity index (χ0n) is 16.9. The van der Waals surface area contributed by atoms with E-state index in [0.29, 0.717) is 22.5 Å². The molecule has 1 unspecified atom stereocenters. The number of aryl methyl sites for hydroxylation is 1. The Morgan fingerprint density at radius 1 is 1.38 bits per heavy atom. The molecule has 156 valence electrons. The van der Waals surface area contributed by atoms with E-state index < -0.39 is 23.6 Å². The third-order valence-electron chi connectivity index (χ3n) is 4.67. The number of aliphatic hydroxyl groups excluding tert-OH is 1. The van der Waals surface area contributed by atoms with Gasteiger partial charge in [0.2, 0.25) is 0 Å². The number of nitrogens with two attached hydrogens (primary N) is 1. The van der Waals surface area contributed by atoms with Gasteiger partial charge in [0.1, 0.15) is 17.1 Å². The fourth-order valence-electron chi connectivity index (χ4n) is 3.35. The van der Waals surface area contributed by atoms with Gasteiger partial charge in [-0.05, 0) is 51.5 Å². The minimum absolute atomic E-state index is 0.0524. The van der Waals surface area contributed by atoms with E-state index in [2.05, 4.69) is 5.10 Å². The first-order valence-electron chi connectivity index (χ1n) is 9.28. The van der Waals surface area contributed by atoms with Gasteiger partial charge in [0, 0.05) is 12.1 Å². The maximum atomic E-state index is 13.7. The summed E-state index contributed by atoms with van der Waals surface area (Å²) in [7, 11) is 0. The molecule has 0 bridgehead atoms. The first kappa shape index (κ1) is 20.8. The van der Waals surface area contributed by atoms with Crippen LogP contribution < -0.4 is 5.73 Å². The normalized spacial score (nSPS) is 16.5. The van der Waals surface area contributed by atoms with E-state index in [4.69, 9.17) is 10.5 Å². The summed E-state index contributed by atoms with van der Waals surface area (Å²) in [5.74, 6) is -1.09. The van der Waals surface area contributed by atoms with Crippen LogP contribution in [0.5, 0.6) is 0 Å². The zero-order valence-corrected chi connectivity index (χ0v) is 16.9. The molecular formula is C20H25FN4O4. The van der Waals surface area contributed by atoms with Crippen molar-refractivity contribution in [2.24, 2.45) is 5.73 Å². The van der Waals surface area contributed by atoms with Gasteiger partial charge in [0.15, 0.2) is 0 Å². The predicted molar refractivity (Wildman–Crippen MR) is 104 cm³/mol. The average Bonchev–Trinajstić information content (AvgIpc) is 3.01. The van der Waals surface area contributed by atoms with Crippen molar-refractivity contribution in [3.8, 4) is 11.3 Å². The highest BCUT2D eigenvalue weighted by Crippen LogP contribution is 2.32. The standard InChI is InChI=1S/C20H25FN4O4/c1-11-7-12(5-6-14(11)21)17-16(18(22)27)15-9-24(19(28)29-20(2,3)4)8-13(10-26)25(15)23-17/h5-7,13,26H,8-10H2,1-4H3,(H2,22,27). The largest absolute Gasteiger partial charge is 0.444 e. The molecule has 29 heavy (non-hydrogen) atoms. The number of nitrogens with zero attached hydrogens (tertiary/aromatic N) is 3. The number of fused-ring (bicyclic) bond motifs is 1. The number of halogens is 1. The molecule has 1 aliphatic heterocycles. The maximum Gasteiger partial charge on any atom is 0.410 e. The number of hydrogen-bond donors (Lipinski definition) is 2. The van der Waals surface area contributed by atoms with Crippen LogP contribution in [0.3, 0.4) is 0 Å². The van der Waals surface area contributed by atoms with Crippen molar-refractivity contribution in [2.45, 2.75) is 45.9 Å². The van der Waals surface area contributed by atoms with Gasteiger partial charge >= 0.3 is 6.09 Å². The molecule has 2 aromatic rings. The highest BCUT2D eigenvalue weighted by Gasteiger charge is 2.36. The fraction of sp³-hybridized carbons (Fsp3) is 0.450. The molecule has 1 aliphatic rings. The summed E-state index contributed by atoms with van der Waals surface area (Å²) in [6.45, 7) is 6.80. The zero-order chi connectivity index (χ0) is 21.5. The van der Waals surface area contributed by atoms with Gasteiger partial charge < -0.3 is 20.5 Å². The van der Waals surface area contributed by atoms with Gasteiger partial charge in [-0.25, -0.2) is 9.18 Å². The Labute approximate surface area is 168 Å². The summed E-state index contributed by atoms with van der Waals surface area (Å²) in [5, 5.41) is 14.3. The highest BCUT2D eigenvalue weighted by molar-refractivity contribution is 6.00. The molecule has 1 aromatic heterocycles. The number of primary amides is 1. The summed E-state index contributed by atoms with van der Waals surface area (Å²) in [4.78, 5) is 26.2. The summed E-state index contributed by atoms with van der Waals surface area (Å²) >= 11 is 0. The Morgan fingerprint density at radius 2 is 2.07 bits per heavy atom. The van der Waals surface area contributed by atoms with Crippen LogP contribution >= 0.6 is 0 Å². The van der Waals surface area contributed by atoms with Crippen molar-refractivity contribution in [3.05, 3.63) is 40.8 Å². The first-order chi connectivity index (χ1) is 13.5. The van der Waals surface area contributed by atoms with E-state index in [1.54, 1.807) is 33.8 Å². The highest BCUT2D eigenvalue weighted by atomic mass is 19.1. The van der Waals surface area contributed by atoms with Crippen LogP contribution in [-0.4, -0.2) is 50.5 Å². The summed E-state index contributed by atoms with van der Waals surface area (Å²) in [6.07, 6.45) is -0.557. The second kappa shape index (κ2) is 7.47. The molecule has 2 heterocycles. The van der Waals surface area contributed by atoms with Crippen molar-refractivity contribution in [2.75, 3.05) is 13.2 Å². The van der Waals surface area contributed by atoms with Crippen LogP contribution in [0.2, 0.25) is 0 Å². The minimum Gasteiger partial charge on any atom is -0.444 e. The van der Waals surface area contributed by atoms with Crippen molar-refractivity contribution in [1.29, 1.82) is 0 Å². The average molecular weight is 404 g/mol. The Hall–Kier alpha value is -2.94.